The summed E-state index contributed by atoms with van der Waals surface area (Å²) < 4.78 is 0. The zero-order chi connectivity index (χ0) is 19.9. The van der Waals surface area contributed by atoms with E-state index < -0.39 is 11.0 Å². The maximum Gasteiger partial charge on any atom is 0.321 e. The molecule has 2 aromatic carbocycles. The van der Waals surface area contributed by atoms with Crippen molar-refractivity contribution in [2.24, 2.45) is 0 Å². The van der Waals surface area contributed by atoms with Gasteiger partial charge in [0.1, 0.15) is 0 Å². The fourth-order valence-electron chi connectivity index (χ4n) is 2.94. The highest BCUT2D eigenvalue weighted by Gasteiger charge is 2.17. The number of rotatable bonds is 5. The SMILES string of the molecule is O=C(NCc1cccc(NC(=O)N2CCCC2)c1)Nc1cccc([N+](=O)[O-])c1. The van der Waals surface area contributed by atoms with Crippen LogP contribution in [0.15, 0.2) is 48.5 Å². The second-order valence-corrected chi connectivity index (χ2v) is 6.44. The molecule has 1 aliphatic heterocycles. The molecule has 4 amide bonds. The number of anilines is 2. The van der Waals surface area contributed by atoms with E-state index in [1.54, 1.807) is 29.2 Å². The highest BCUT2D eigenvalue weighted by atomic mass is 16.6. The molecule has 0 aromatic heterocycles. The summed E-state index contributed by atoms with van der Waals surface area (Å²) >= 11 is 0. The van der Waals surface area contributed by atoms with Crippen LogP contribution in [0.2, 0.25) is 0 Å². The van der Waals surface area contributed by atoms with Crippen LogP contribution in [0, 0.1) is 10.1 Å². The lowest BCUT2D eigenvalue weighted by Crippen LogP contribution is -2.32. The second-order valence-electron chi connectivity index (χ2n) is 6.44. The van der Waals surface area contributed by atoms with Gasteiger partial charge in [0.05, 0.1) is 4.92 Å². The lowest BCUT2D eigenvalue weighted by atomic mass is 10.2. The Hall–Kier alpha value is -3.62. The summed E-state index contributed by atoms with van der Waals surface area (Å²) in [7, 11) is 0. The number of nitrogens with one attached hydrogen (secondary N) is 3. The molecule has 28 heavy (non-hydrogen) atoms. The van der Waals surface area contributed by atoms with Gasteiger partial charge < -0.3 is 20.9 Å². The van der Waals surface area contributed by atoms with E-state index in [1.165, 1.54) is 18.2 Å². The Balaban J connectivity index is 1.52. The summed E-state index contributed by atoms with van der Waals surface area (Å²) in [5, 5.41) is 18.9. The Bertz CT molecular complexity index is 880. The zero-order valence-electron chi connectivity index (χ0n) is 15.2. The number of likely N-dealkylation sites (tertiary alicyclic amines) is 1. The molecule has 9 nitrogen and oxygen atoms in total. The van der Waals surface area contributed by atoms with Gasteiger partial charge in [0, 0.05) is 43.1 Å². The van der Waals surface area contributed by atoms with Crippen LogP contribution < -0.4 is 16.0 Å². The van der Waals surface area contributed by atoms with Gasteiger partial charge in [-0.15, -0.1) is 0 Å². The molecule has 146 valence electrons. The van der Waals surface area contributed by atoms with E-state index in [-0.39, 0.29) is 18.3 Å². The number of non-ortho nitro benzene ring substituents is 1. The molecule has 1 fully saturated rings. The molecule has 2 aromatic rings. The van der Waals surface area contributed by atoms with Crippen molar-refractivity contribution < 1.29 is 14.5 Å². The van der Waals surface area contributed by atoms with E-state index in [4.69, 9.17) is 0 Å². The van der Waals surface area contributed by atoms with Crippen LogP contribution >= 0.6 is 0 Å². The average molecular weight is 383 g/mol. The molecular weight excluding hydrogens is 362 g/mol. The van der Waals surface area contributed by atoms with Gasteiger partial charge in [-0.1, -0.05) is 18.2 Å². The Labute approximate surface area is 161 Å². The fourth-order valence-corrected chi connectivity index (χ4v) is 2.94. The third-order valence-electron chi connectivity index (χ3n) is 4.34. The van der Waals surface area contributed by atoms with Crippen LogP contribution in [0.4, 0.5) is 26.7 Å². The minimum absolute atomic E-state index is 0.0979. The standard InChI is InChI=1S/C19H21N5O4/c25-18(21-16-7-4-8-17(12-16)24(27)28)20-13-14-5-3-6-15(11-14)22-19(26)23-9-1-2-10-23/h3-8,11-12H,1-2,9-10,13H2,(H,22,26)(H2,20,21,25). The summed E-state index contributed by atoms with van der Waals surface area (Å²) in [6.45, 7) is 1.78. The number of nitro groups is 1. The quantitative estimate of drug-likeness (QED) is 0.541. The van der Waals surface area contributed by atoms with Crippen LogP contribution in [0.3, 0.4) is 0 Å². The number of benzene rings is 2. The van der Waals surface area contributed by atoms with Gasteiger partial charge in [0.15, 0.2) is 0 Å². The number of carbonyl (C=O) groups excluding carboxylic acids is 2. The first kappa shape index (κ1) is 19.2. The summed E-state index contributed by atoms with van der Waals surface area (Å²) in [5.74, 6) is 0. The van der Waals surface area contributed by atoms with Gasteiger partial charge in [-0.05, 0) is 36.6 Å². The first-order chi connectivity index (χ1) is 13.5. The molecular formula is C19H21N5O4. The molecule has 0 bridgehead atoms. The summed E-state index contributed by atoms with van der Waals surface area (Å²) in [4.78, 5) is 36.2. The van der Waals surface area contributed by atoms with Crippen molar-refractivity contribution in [2.75, 3.05) is 23.7 Å². The van der Waals surface area contributed by atoms with Crippen LogP contribution in [0.1, 0.15) is 18.4 Å². The monoisotopic (exact) mass is 383 g/mol. The Morgan fingerprint density at radius 1 is 1.00 bits per heavy atom. The van der Waals surface area contributed by atoms with E-state index in [0.717, 1.165) is 31.5 Å². The number of hydrogen-bond donors (Lipinski definition) is 3. The van der Waals surface area contributed by atoms with Crippen LogP contribution in [-0.4, -0.2) is 35.0 Å². The molecule has 0 radical (unpaired) electrons. The molecule has 0 unspecified atom stereocenters. The van der Waals surface area contributed by atoms with Crippen molar-refractivity contribution in [2.45, 2.75) is 19.4 Å². The Kier molecular flexibility index (Phi) is 6.05. The number of amides is 4. The van der Waals surface area contributed by atoms with Crippen molar-refractivity contribution >= 4 is 29.1 Å². The molecule has 1 saturated heterocycles. The van der Waals surface area contributed by atoms with Gasteiger partial charge in [-0.2, -0.15) is 0 Å². The number of nitro benzene ring substituents is 1. The maximum atomic E-state index is 12.2. The smallest absolute Gasteiger partial charge is 0.321 e. The first-order valence-corrected chi connectivity index (χ1v) is 8.95. The van der Waals surface area contributed by atoms with Crippen molar-refractivity contribution in [3.05, 3.63) is 64.2 Å². The van der Waals surface area contributed by atoms with E-state index >= 15 is 0 Å². The minimum Gasteiger partial charge on any atom is -0.334 e. The predicted octanol–water partition coefficient (Wildman–Crippen LogP) is 3.54. The van der Waals surface area contributed by atoms with Crippen LogP contribution in [0.5, 0.6) is 0 Å². The Morgan fingerprint density at radius 3 is 2.39 bits per heavy atom. The highest BCUT2D eigenvalue weighted by Crippen LogP contribution is 2.17. The Morgan fingerprint density at radius 2 is 1.68 bits per heavy atom. The van der Waals surface area contributed by atoms with Crippen molar-refractivity contribution in [3.8, 4) is 0 Å². The van der Waals surface area contributed by atoms with Gasteiger partial charge >= 0.3 is 12.1 Å². The normalized spacial score (nSPS) is 13.1. The summed E-state index contributed by atoms with van der Waals surface area (Å²) in [6, 6.07) is 12.3. The molecule has 1 aliphatic rings. The molecule has 9 heteroatoms. The fraction of sp³-hybridized carbons (Fsp3) is 0.263. The van der Waals surface area contributed by atoms with E-state index in [9.17, 15) is 19.7 Å². The third-order valence-corrected chi connectivity index (χ3v) is 4.34. The molecule has 0 saturated carbocycles. The van der Waals surface area contributed by atoms with Crippen molar-refractivity contribution in [1.29, 1.82) is 0 Å². The summed E-state index contributed by atoms with van der Waals surface area (Å²) in [5.41, 5.74) is 1.71. The number of urea groups is 2. The minimum atomic E-state index is -0.523. The lowest BCUT2D eigenvalue weighted by Gasteiger charge is -2.16. The van der Waals surface area contributed by atoms with Crippen LogP contribution in [-0.2, 0) is 6.54 Å². The largest absolute Gasteiger partial charge is 0.334 e. The first-order valence-electron chi connectivity index (χ1n) is 8.95. The maximum absolute atomic E-state index is 12.2. The topological polar surface area (TPSA) is 117 Å². The van der Waals surface area contributed by atoms with E-state index in [0.29, 0.717) is 11.4 Å². The second kappa shape index (κ2) is 8.85. The lowest BCUT2D eigenvalue weighted by molar-refractivity contribution is -0.384. The molecule has 1 heterocycles. The highest BCUT2D eigenvalue weighted by molar-refractivity contribution is 5.90. The predicted molar refractivity (Wildman–Crippen MR) is 105 cm³/mol. The molecule has 3 N–H and O–H groups in total. The molecule has 3 rings (SSSR count). The summed E-state index contributed by atoms with van der Waals surface area (Å²) in [6.07, 6.45) is 2.05. The number of hydrogen-bond acceptors (Lipinski definition) is 4. The van der Waals surface area contributed by atoms with E-state index in [2.05, 4.69) is 16.0 Å². The van der Waals surface area contributed by atoms with E-state index in [1.807, 2.05) is 6.07 Å². The number of carbonyl (C=O) groups is 2. The van der Waals surface area contributed by atoms with Gasteiger partial charge in [0.25, 0.3) is 5.69 Å². The van der Waals surface area contributed by atoms with Gasteiger partial charge in [-0.25, -0.2) is 9.59 Å². The van der Waals surface area contributed by atoms with Crippen molar-refractivity contribution in [1.82, 2.24) is 10.2 Å². The van der Waals surface area contributed by atoms with Crippen molar-refractivity contribution in [3.63, 3.8) is 0 Å². The molecule has 0 aliphatic carbocycles. The molecule has 0 spiro atoms. The third kappa shape index (κ3) is 5.19. The van der Waals surface area contributed by atoms with Gasteiger partial charge in [0.2, 0.25) is 0 Å². The molecule has 0 atom stereocenters. The van der Waals surface area contributed by atoms with Crippen LogP contribution in [0.25, 0.3) is 0 Å². The zero-order valence-corrected chi connectivity index (χ0v) is 15.2. The average Bonchev–Trinajstić information content (AvgIpc) is 3.22. The van der Waals surface area contributed by atoms with Gasteiger partial charge in [-0.3, -0.25) is 10.1 Å². The number of nitrogens with zero attached hydrogens (tertiary/aromatic N) is 2.